The lowest BCUT2D eigenvalue weighted by Gasteiger charge is -2.22. The summed E-state index contributed by atoms with van der Waals surface area (Å²) in [6.45, 7) is 3.31. The normalized spacial score (nSPS) is 11.4. The largest absolute Gasteiger partial charge is 0.389 e. The fraction of sp³-hybridized carbons (Fsp3) is 0.381. The van der Waals surface area contributed by atoms with Gasteiger partial charge >= 0.3 is 0 Å². The molecule has 0 spiro atoms. The third-order valence-electron chi connectivity index (χ3n) is 4.54. The minimum atomic E-state index is -0.624. The molecule has 2 aromatic rings. The first kappa shape index (κ1) is 17.4. The molecule has 0 bridgehead atoms. The van der Waals surface area contributed by atoms with Crippen molar-refractivity contribution in [1.82, 2.24) is 0 Å². The van der Waals surface area contributed by atoms with Gasteiger partial charge in [0.1, 0.15) is 6.61 Å². The molecule has 2 aromatic carbocycles. The first-order chi connectivity index (χ1) is 11.0. The predicted molar refractivity (Wildman–Crippen MR) is 94.6 cm³/mol. The molecule has 1 N–H and O–H groups in total. The Morgan fingerprint density at radius 1 is 0.870 bits per heavy atom. The molecule has 0 saturated heterocycles. The molecule has 0 atom stereocenters. The standard InChI is InChI=1S/C21H26O2/c1-21(2,20(23)16-22)19-14-12-18(13-15-19)11-7-6-10-17-8-4-3-5-9-17/h3-5,8-9,12-15,22H,6-7,10-11,16H2,1-2H3. The van der Waals surface area contributed by atoms with E-state index >= 15 is 0 Å². The highest BCUT2D eigenvalue weighted by Crippen LogP contribution is 2.24. The molecular formula is C21H26O2. The van der Waals surface area contributed by atoms with Crippen molar-refractivity contribution >= 4 is 5.78 Å². The summed E-state index contributed by atoms with van der Waals surface area (Å²) < 4.78 is 0. The molecule has 0 aliphatic heterocycles. The molecule has 0 fully saturated rings. The molecule has 0 aromatic heterocycles. The Morgan fingerprint density at radius 3 is 1.91 bits per heavy atom. The van der Waals surface area contributed by atoms with E-state index in [1.165, 1.54) is 17.5 Å². The van der Waals surface area contributed by atoms with Crippen molar-refractivity contribution in [1.29, 1.82) is 0 Å². The van der Waals surface area contributed by atoms with Gasteiger partial charge in [0.15, 0.2) is 5.78 Å². The van der Waals surface area contributed by atoms with Crippen LogP contribution in [0.1, 0.15) is 43.4 Å². The van der Waals surface area contributed by atoms with Crippen LogP contribution < -0.4 is 0 Å². The van der Waals surface area contributed by atoms with Gasteiger partial charge < -0.3 is 5.11 Å². The zero-order valence-corrected chi connectivity index (χ0v) is 14.1. The number of aliphatic hydroxyl groups is 1. The number of ketones is 1. The molecule has 122 valence electrons. The van der Waals surface area contributed by atoms with E-state index in [1.54, 1.807) is 0 Å². The van der Waals surface area contributed by atoms with Gasteiger partial charge in [0, 0.05) is 0 Å². The highest BCUT2D eigenvalue weighted by molar-refractivity contribution is 5.90. The highest BCUT2D eigenvalue weighted by Gasteiger charge is 2.28. The molecule has 0 saturated carbocycles. The Kier molecular flexibility index (Phi) is 6.12. The third kappa shape index (κ3) is 4.77. The Morgan fingerprint density at radius 2 is 1.39 bits per heavy atom. The van der Waals surface area contributed by atoms with E-state index in [-0.39, 0.29) is 5.78 Å². The molecule has 2 nitrogen and oxygen atoms in total. The van der Waals surface area contributed by atoms with Gasteiger partial charge in [0.2, 0.25) is 0 Å². The molecule has 0 heterocycles. The second kappa shape index (κ2) is 8.07. The number of aliphatic hydroxyl groups excluding tert-OH is 1. The van der Waals surface area contributed by atoms with Gasteiger partial charge in [-0.05, 0) is 56.2 Å². The lowest BCUT2D eigenvalue weighted by Crippen LogP contribution is -2.31. The maximum absolute atomic E-state index is 11.8. The van der Waals surface area contributed by atoms with Crippen LogP contribution in [-0.4, -0.2) is 17.5 Å². The summed E-state index contributed by atoms with van der Waals surface area (Å²) in [5.74, 6) is -0.145. The van der Waals surface area contributed by atoms with Crippen molar-refractivity contribution in [2.45, 2.75) is 44.9 Å². The van der Waals surface area contributed by atoms with Crippen LogP contribution in [0.15, 0.2) is 54.6 Å². The van der Waals surface area contributed by atoms with Gasteiger partial charge in [-0.15, -0.1) is 0 Å². The fourth-order valence-corrected chi connectivity index (χ4v) is 2.75. The zero-order chi connectivity index (χ0) is 16.7. The molecule has 2 rings (SSSR count). The molecule has 0 amide bonds. The molecule has 23 heavy (non-hydrogen) atoms. The second-order valence-electron chi connectivity index (χ2n) is 6.60. The summed E-state index contributed by atoms with van der Waals surface area (Å²) in [4.78, 5) is 11.8. The number of aryl methyl sites for hydroxylation is 2. The van der Waals surface area contributed by atoms with E-state index < -0.39 is 12.0 Å². The number of hydrogen-bond acceptors (Lipinski definition) is 2. The summed E-state index contributed by atoms with van der Waals surface area (Å²) in [5, 5.41) is 9.07. The van der Waals surface area contributed by atoms with E-state index in [1.807, 2.05) is 32.0 Å². The van der Waals surface area contributed by atoms with Crippen LogP contribution in [0, 0.1) is 0 Å². The molecule has 0 aliphatic carbocycles. The van der Waals surface area contributed by atoms with Crippen molar-refractivity contribution in [2.75, 3.05) is 6.61 Å². The second-order valence-corrected chi connectivity index (χ2v) is 6.60. The van der Waals surface area contributed by atoms with Crippen molar-refractivity contribution in [3.8, 4) is 0 Å². The Bertz CT molecular complexity index is 612. The first-order valence-electron chi connectivity index (χ1n) is 8.31. The third-order valence-corrected chi connectivity index (χ3v) is 4.54. The maximum atomic E-state index is 11.8. The Labute approximate surface area is 139 Å². The summed E-state index contributed by atoms with van der Waals surface area (Å²) >= 11 is 0. The van der Waals surface area contributed by atoms with Crippen LogP contribution >= 0.6 is 0 Å². The van der Waals surface area contributed by atoms with Crippen LogP contribution in [0.4, 0.5) is 0 Å². The van der Waals surface area contributed by atoms with Crippen molar-refractivity contribution in [3.05, 3.63) is 71.3 Å². The van der Waals surface area contributed by atoms with Gasteiger partial charge in [0.05, 0.1) is 5.41 Å². The highest BCUT2D eigenvalue weighted by atomic mass is 16.3. The Hall–Kier alpha value is -1.93. The van der Waals surface area contributed by atoms with Crippen molar-refractivity contribution < 1.29 is 9.90 Å². The van der Waals surface area contributed by atoms with Crippen molar-refractivity contribution in [2.24, 2.45) is 0 Å². The van der Waals surface area contributed by atoms with E-state index in [9.17, 15) is 4.79 Å². The van der Waals surface area contributed by atoms with E-state index in [0.717, 1.165) is 24.8 Å². The lowest BCUT2D eigenvalue weighted by molar-refractivity contribution is -0.126. The average Bonchev–Trinajstić information content (AvgIpc) is 2.59. The van der Waals surface area contributed by atoms with Crippen LogP contribution in [0.25, 0.3) is 0 Å². The monoisotopic (exact) mass is 310 g/mol. The van der Waals surface area contributed by atoms with Crippen LogP contribution in [0.2, 0.25) is 0 Å². The smallest absolute Gasteiger partial charge is 0.168 e. The van der Waals surface area contributed by atoms with Gasteiger partial charge in [0.25, 0.3) is 0 Å². The molecule has 0 aliphatic rings. The number of carbonyl (C=O) groups excluding carboxylic acids is 1. The number of unbranched alkanes of at least 4 members (excludes halogenated alkanes) is 1. The van der Waals surface area contributed by atoms with Gasteiger partial charge in [-0.1, -0.05) is 54.6 Å². The number of carbonyl (C=O) groups is 1. The number of benzene rings is 2. The summed E-state index contributed by atoms with van der Waals surface area (Å²) in [6.07, 6.45) is 4.52. The van der Waals surface area contributed by atoms with Crippen LogP contribution in [-0.2, 0) is 23.1 Å². The van der Waals surface area contributed by atoms with Gasteiger partial charge in [-0.25, -0.2) is 0 Å². The Balaban J connectivity index is 1.84. The number of rotatable bonds is 8. The van der Waals surface area contributed by atoms with Gasteiger partial charge in [-0.3, -0.25) is 4.79 Å². The molecule has 2 heteroatoms. The van der Waals surface area contributed by atoms with E-state index in [4.69, 9.17) is 5.11 Å². The summed E-state index contributed by atoms with van der Waals surface area (Å²) in [5.41, 5.74) is 3.03. The van der Waals surface area contributed by atoms with Crippen LogP contribution in [0.5, 0.6) is 0 Å². The minimum absolute atomic E-state index is 0.145. The average molecular weight is 310 g/mol. The van der Waals surface area contributed by atoms with Gasteiger partial charge in [-0.2, -0.15) is 0 Å². The topological polar surface area (TPSA) is 37.3 Å². The van der Waals surface area contributed by atoms with Crippen molar-refractivity contribution in [3.63, 3.8) is 0 Å². The van der Waals surface area contributed by atoms with Crippen LogP contribution in [0.3, 0.4) is 0 Å². The summed E-state index contributed by atoms with van der Waals surface area (Å²) in [6, 6.07) is 18.8. The maximum Gasteiger partial charge on any atom is 0.168 e. The molecular weight excluding hydrogens is 284 g/mol. The number of hydrogen-bond donors (Lipinski definition) is 1. The summed E-state index contributed by atoms with van der Waals surface area (Å²) in [7, 11) is 0. The lowest BCUT2D eigenvalue weighted by atomic mass is 9.80. The fourth-order valence-electron chi connectivity index (χ4n) is 2.75. The first-order valence-corrected chi connectivity index (χ1v) is 8.31. The quantitative estimate of drug-likeness (QED) is 0.746. The van der Waals surface area contributed by atoms with E-state index in [0.29, 0.717) is 0 Å². The zero-order valence-electron chi connectivity index (χ0n) is 14.1. The molecule has 0 unspecified atom stereocenters. The minimum Gasteiger partial charge on any atom is -0.389 e. The number of Topliss-reactive ketones (excluding diaryl/α,β-unsaturated/α-hetero) is 1. The van der Waals surface area contributed by atoms with E-state index in [2.05, 4.69) is 36.4 Å². The predicted octanol–water partition coefficient (Wildman–Crippen LogP) is 4.09. The molecule has 0 radical (unpaired) electrons. The SMILES string of the molecule is CC(C)(C(=O)CO)c1ccc(CCCCc2ccccc2)cc1.